The van der Waals surface area contributed by atoms with Crippen LogP contribution in [-0.2, 0) is 6.42 Å². The number of rotatable bonds is 6. The van der Waals surface area contributed by atoms with E-state index in [0.717, 1.165) is 18.9 Å². The highest BCUT2D eigenvalue weighted by Crippen LogP contribution is 2.18. The van der Waals surface area contributed by atoms with Gasteiger partial charge in [-0.05, 0) is 63.8 Å². The van der Waals surface area contributed by atoms with Crippen LogP contribution in [0.4, 0.5) is 0 Å². The quantitative estimate of drug-likeness (QED) is 0.796. The topological polar surface area (TPSA) is 12.0 Å². The van der Waals surface area contributed by atoms with Crippen LogP contribution in [0.15, 0.2) is 28.7 Å². The summed E-state index contributed by atoms with van der Waals surface area (Å²) in [6.45, 7) is 10.1. The Hall–Kier alpha value is -0.340. The molecule has 1 unspecified atom stereocenters. The average Bonchev–Trinajstić information content (AvgIpc) is 2.25. The molecule has 0 spiro atoms. The first-order chi connectivity index (χ1) is 8.40. The molecule has 18 heavy (non-hydrogen) atoms. The van der Waals surface area contributed by atoms with Crippen molar-refractivity contribution in [3.8, 4) is 0 Å². The van der Waals surface area contributed by atoms with Crippen molar-refractivity contribution in [1.82, 2.24) is 5.32 Å². The Bertz CT molecular complexity index is 354. The van der Waals surface area contributed by atoms with Gasteiger partial charge in [-0.2, -0.15) is 0 Å². The largest absolute Gasteiger partial charge is 0.312 e. The van der Waals surface area contributed by atoms with E-state index in [-0.39, 0.29) is 5.54 Å². The lowest BCUT2D eigenvalue weighted by Crippen LogP contribution is -2.39. The van der Waals surface area contributed by atoms with E-state index < -0.39 is 0 Å². The zero-order chi connectivity index (χ0) is 13.6. The number of halogens is 1. The van der Waals surface area contributed by atoms with Gasteiger partial charge in [0.1, 0.15) is 0 Å². The van der Waals surface area contributed by atoms with E-state index in [4.69, 9.17) is 0 Å². The minimum absolute atomic E-state index is 0.212. The van der Waals surface area contributed by atoms with Crippen LogP contribution in [0, 0.1) is 5.92 Å². The normalized spacial score (nSPS) is 13.6. The van der Waals surface area contributed by atoms with Gasteiger partial charge in [0.2, 0.25) is 0 Å². The van der Waals surface area contributed by atoms with Crippen LogP contribution < -0.4 is 5.32 Å². The van der Waals surface area contributed by atoms with Crippen LogP contribution in [0.5, 0.6) is 0 Å². The van der Waals surface area contributed by atoms with Gasteiger partial charge >= 0.3 is 0 Å². The summed E-state index contributed by atoms with van der Waals surface area (Å²) in [7, 11) is 0. The average molecular weight is 312 g/mol. The summed E-state index contributed by atoms with van der Waals surface area (Å²) in [4.78, 5) is 0. The molecule has 0 saturated carbocycles. The third-order valence-corrected chi connectivity index (χ3v) is 3.52. The van der Waals surface area contributed by atoms with E-state index in [0.29, 0.717) is 0 Å². The molecule has 102 valence electrons. The van der Waals surface area contributed by atoms with Gasteiger partial charge in [-0.25, -0.2) is 0 Å². The second-order valence-electron chi connectivity index (χ2n) is 6.12. The molecule has 0 amide bonds. The minimum atomic E-state index is 0.212. The van der Waals surface area contributed by atoms with Crippen molar-refractivity contribution in [2.75, 3.05) is 6.54 Å². The van der Waals surface area contributed by atoms with Crippen molar-refractivity contribution < 1.29 is 0 Å². The highest BCUT2D eigenvalue weighted by Gasteiger charge is 2.14. The van der Waals surface area contributed by atoms with E-state index in [1.807, 2.05) is 0 Å². The Kier molecular flexibility index (Phi) is 6.37. The highest BCUT2D eigenvalue weighted by molar-refractivity contribution is 9.10. The molecular weight excluding hydrogens is 286 g/mol. The second-order valence-corrected chi connectivity index (χ2v) is 7.04. The molecule has 1 rings (SSSR count). The Labute approximate surface area is 120 Å². The number of hydrogen-bond donors (Lipinski definition) is 1. The zero-order valence-electron chi connectivity index (χ0n) is 12.1. The molecule has 1 N–H and O–H groups in total. The predicted molar refractivity (Wildman–Crippen MR) is 84.0 cm³/mol. The van der Waals surface area contributed by atoms with E-state index in [9.17, 15) is 0 Å². The molecule has 1 aromatic rings. The summed E-state index contributed by atoms with van der Waals surface area (Å²) in [5.74, 6) is 0.725. The SMILES string of the molecule is CCCC(CNC(C)(C)C)Cc1cccc(Br)c1. The summed E-state index contributed by atoms with van der Waals surface area (Å²) in [5, 5.41) is 3.63. The zero-order valence-corrected chi connectivity index (χ0v) is 13.7. The van der Waals surface area contributed by atoms with Crippen molar-refractivity contribution in [1.29, 1.82) is 0 Å². The Morgan fingerprint density at radius 3 is 2.56 bits per heavy atom. The Morgan fingerprint density at radius 1 is 1.28 bits per heavy atom. The van der Waals surface area contributed by atoms with Crippen LogP contribution in [0.1, 0.15) is 46.1 Å². The molecule has 0 radical (unpaired) electrons. The second kappa shape index (κ2) is 7.30. The van der Waals surface area contributed by atoms with Gasteiger partial charge in [0.15, 0.2) is 0 Å². The molecule has 1 atom stereocenters. The van der Waals surface area contributed by atoms with Gasteiger partial charge < -0.3 is 5.32 Å². The third kappa shape index (κ3) is 6.55. The standard InChI is InChI=1S/C16H26BrN/c1-5-7-14(12-18-16(2,3)4)10-13-8-6-9-15(17)11-13/h6,8-9,11,14,18H,5,7,10,12H2,1-4H3. The fourth-order valence-electron chi connectivity index (χ4n) is 2.13. The maximum Gasteiger partial charge on any atom is 0.0177 e. The van der Waals surface area contributed by atoms with Crippen molar-refractivity contribution in [2.45, 2.75) is 52.5 Å². The molecule has 1 aromatic carbocycles. The van der Waals surface area contributed by atoms with Crippen LogP contribution in [0.25, 0.3) is 0 Å². The lowest BCUT2D eigenvalue weighted by Gasteiger charge is -2.25. The van der Waals surface area contributed by atoms with Gasteiger partial charge in [-0.1, -0.05) is 41.4 Å². The van der Waals surface area contributed by atoms with Gasteiger partial charge in [0.25, 0.3) is 0 Å². The molecule has 0 fully saturated rings. The van der Waals surface area contributed by atoms with Crippen molar-refractivity contribution in [3.63, 3.8) is 0 Å². The molecule has 1 nitrogen and oxygen atoms in total. The van der Waals surface area contributed by atoms with Gasteiger partial charge in [-0.3, -0.25) is 0 Å². The molecule has 0 aliphatic rings. The molecule has 0 aliphatic heterocycles. The first-order valence-corrected chi connectivity index (χ1v) is 7.69. The van der Waals surface area contributed by atoms with Crippen LogP contribution in [0.2, 0.25) is 0 Å². The smallest absolute Gasteiger partial charge is 0.0177 e. The van der Waals surface area contributed by atoms with Crippen molar-refractivity contribution in [2.24, 2.45) is 5.92 Å². The van der Waals surface area contributed by atoms with Gasteiger partial charge in [-0.15, -0.1) is 0 Å². The van der Waals surface area contributed by atoms with E-state index in [1.165, 1.54) is 22.9 Å². The summed E-state index contributed by atoms with van der Waals surface area (Å²) in [6.07, 6.45) is 3.70. The fraction of sp³-hybridized carbons (Fsp3) is 0.625. The molecule has 0 bridgehead atoms. The number of benzene rings is 1. The van der Waals surface area contributed by atoms with Crippen LogP contribution in [-0.4, -0.2) is 12.1 Å². The highest BCUT2D eigenvalue weighted by atomic mass is 79.9. The Balaban J connectivity index is 2.57. The van der Waals surface area contributed by atoms with Gasteiger partial charge in [0, 0.05) is 10.0 Å². The minimum Gasteiger partial charge on any atom is -0.312 e. The summed E-state index contributed by atoms with van der Waals surface area (Å²) in [6, 6.07) is 8.68. The lowest BCUT2D eigenvalue weighted by atomic mass is 9.94. The maximum absolute atomic E-state index is 3.63. The Morgan fingerprint density at radius 2 is 2.00 bits per heavy atom. The van der Waals surface area contributed by atoms with Crippen LogP contribution >= 0.6 is 15.9 Å². The van der Waals surface area contributed by atoms with Crippen molar-refractivity contribution in [3.05, 3.63) is 34.3 Å². The lowest BCUT2D eigenvalue weighted by molar-refractivity contribution is 0.355. The number of hydrogen-bond acceptors (Lipinski definition) is 1. The van der Waals surface area contributed by atoms with Crippen molar-refractivity contribution >= 4 is 15.9 Å². The fourth-order valence-corrected chi connectivity index (χ4v) is 2.58. The molecule has 0 aliphatic carbocycles. The molecule has 0 aromatic heterocycles. The number of nitrogens with one attached hydrogen (secondary N) is 1. The molecular formula is C16H26BrN. The first-order valence-electron chi connectivity index (χ1n) is 6.90. The van der Waals surface area contributed by atoms with E-state index in [1.54, 1.807) is 0 Å². The monoisotopic (exact) mass is 311 g/mol. The van der Waals surface area contributed by atoms with Crippen LogP contribution in [0.3, 0.4) is 0 Å². The molecule has 2 heteroatoms. The predicted octanol–water partition coefficient (Wildman–Crippen LogP) is 4.80. The van der Waals surface area contributed by atoms with E-state index >= 15 is 0 Å². The van der Waals surface area contributed by atoms with Gasteiger partial charge in [0.05, 0.1) is 0 Å². The summed E-state index contributed by atoms with van der Waals surface area (Å²) >= 11 is 3.55. The maximum atomic E-state index is 3.63. The third-order valence-electron chi connectivity index (χ3n) is 3.03. The molecule has 0 heterocycles. The summed E-state index contributed by atoms with van der Waals surface area (Å²) < 4.78 is 1.18. The molecule has 0 saturated heterocycles. The summed E-state index contributed by atoms with van der Waals surface area (Å²) in [5.41, 5.74) is 1.64. The first kappa shape index (κ1) is 15.7. The van der Waals surface area contributed by atoms with E-state index in [2.05, 4.69) is 73.2 Å².